The second-order valence-electron chi connectivity index (χ2n) is 8.69. The van der Waals surface area contributed by atoms with Crippen LogP contribution in [0.1, 0.15) is 48.1 Å². The summed E-state index contributed by atoms with van der Waals surface area (Å²) in [6.07, 6.45) is -3.47. The molecule has 3 rings (SSSR count). The lowest BCUT2D eigenvalue weighted by atomic mass is 9.95. The lowest BCUT2D eigenvalue weighted by Crippen LogP contribution is -2.34. The number of hydrogen-bond acceptors (Lipinski definition) is 4. The predicted molar refractivity (Wildman–Crippen MR) is 122 cm³/mol. The van der Waals surface area contributed by atoms with Crippen molar-refractivity contribution in [1.82, 2.24) is 20.3 Å². The monoisotopic (exact) mass is 493 g/mol. The minimum Gasteiger partial charge on any atom is -0.352 e. The van der Waals surface area contributed by atoms with E-state index in [1.165, 1.54) is 6.07 Å². The Morgan fingerprint density at radius 3 is 2.41 bits per heavy atom. The number of imidazole rings is 1. The summed E-state index contributed by atoms with van der Waals surface area (Å²) in [6, 6.07) is 6.95. The number of pyridine rings is 1. The Morgan fingerprint density at radius 2 is 1.82 bits per heavy atom. The van der Waals surface area contributed by atoms with E-state index < -0.39 is 23.2 Å². The molecule has 2 heterocycles. The van der Waals surface area contributed by atoms with E-state index in [-0.39, 0.29) is 29.0 Å². The van der Waals surface area contributed by atoms with Crippen LogP contribution < -0.4 is 10.6 Å². The van der Waals surface area contributed by atoms with Crippen LogP contribution in [0.25, 0.3) is 11.3 Å². The lowest BCUT2D eigenvalue weighted by Gasteiger charge is -2.18. The van der Waals surface area contributed by atoms with Crippen LogP contribution in [0.3, 0.4) is 0 Å². The first-order valence-corrected chi connectivity index (χ1v) is 10.6. The maximum absolute atomic E-state index is 12.8. The summed E-state index contributed by atoms with van der Waals surface area (Å²) in [5.74, 6) is -0.579. The van der Waals surface area contributed by atoms with Crippen LogP contribution in [0.5, 0.6) is 0 Å². The Kier molecular flexibility index (Phi) is 7.02. The van der Waals surface area contributed by atoms with Gasteiger partial charge in [0.2, 0.25) is 11.9 Å². The summed E-state index contributed by atoms with van der Waals surface area (Å²) in [4.78, 5) is 35.5. The number of aromatic nitrogens is 3. The number of H-pyrrole nitrogens is 1. The summed E-state index contributed by atoms with van der Waals surface area (Å²) in [7, 11) is 0. The molecule has 0 atom stereocenters. The fourth-order valence-electron chi connectivity index (χ4n) is 2.98. The molecular weight excluding hydrogens is 471 g/mol. The Hall–Kier alpha value is -3.40. The molecule has 34 heavy (non-hydrogen) atoms. The molecule has 0 spiro atoms. The molecular formula is C23H23ClF3N5O2. The number of carbonyl (C=O) groups excluding carboxylic acids is 2. The minimum absolute atomic E-state index is 0.0971. The van der Waals surface area contributed by atoms with Crippen LogP contribution in [0, 0.1) is 12.3 Å². The summed E-state index contributed by atoms with van der Waals surface area (Å²) >= 11 is 6.20. The Labute approximate surface area is 199 Å². The van der Waals surface area contributed by atoms with Gasteiger partial charge < -0.3 is 10.3 Å². The maximum Gasteiger partial charge on any atom is 0.433 e. The molecule has 0 bridgehead atoms. The molecule has 3 N–H and O–H groups in total. The molecule has 0 radical (unpaired) electrons. The molecule has 2 aromatic heterocycles. The van der Waals surface area contributed by atoms with Crippen molar-refractivity contribution in [3.8, 4) is 11.3 Å². The zero-order chi connectivity index (χ0) is 25.3. The van der Waals surface area contributed by atoms with E-state index in [1.807, 2.05) is 0 Å². The number of nitrogens with one attached hydrogen (secondary N) is 3. The maximum atomic E-state index is 12.8. The fraction of sp³-hybridized carbons (Fsp3) is 0.304. The zero-order valence-corrected chi connectivity index (χ0v) is 19.6. The van der Waals surface area contributed by atoms with Crippen molar-refractivity contribution in [2.45, 2.75) is 40.4 Å². The molecule has 0 unspecified atom stereocenters. The fourth-order valence-corrected chi connectivity index (χ4v) is 3.18. The number of halogens is 4. The van der Waals surface area contributed by atoms with Gasteiger partial charge in [-0.3, -0.25) is 19.9 Å². The van der Waals surface area contributed by atoms with E-state index in [9.17, 15) is 22.8 Å². The van der Waals surface area contributed by atoms with Crippen molar-refractivity contribution in [1.29, 1.82) is 0 Å². The van der Waals surface area contributed by atoms with Gasteiger partial charge in [-0.15, -0.1) is 0 Å². The number of rotatable bonds is 5. The Bertz CT molecular complexity index is 1210. The van der Waals surface area contributed by atoms with Crippen LogP contribution >= 0.6 is 11.6 Å². The Balaban J connectivity index is 1.76. The van der Waals surface area contributed by atoms with Gasteiger partial charge in [-0.2, -0.15) is 13.2 Å². The van der Waals surface area contributed by atoms with Gasteiger partial charge in [0.1, 0.15) is 5.69 Å². The van der Waals surface area contributed by atoms with Crippen LogP contribution in [0.4, 0.5) is 19.1 Å². The first-order valence-electron chi connectivity index (χ1n) is 10.2. The number of benzene rings is 1. The number of aromatic amines is 1. The van der Waals surface area contributed by atoms with Crippen molar-refractivity contribution in [2.75, 3.05) is 5.32 Å². The number of carbonyl (C=O) groups is 2. The SMILES string of the molecule is Cc1[nH]c(NC(=O)c2cc(CNC(=O)C(C)(C)C)ccc2Cl)nc1-c1ccc(C(F)(F)F)nc1. The van der Waals surface area contributed by atoms with Crippen molar-refractivity contribution >= 4 is 29.4 Å². The first kappa shape index (κ1) is 25.2. The molecule has 0 aliphatic carbocycles. The number of amides is 2. The van der Waals surface area contributed by atoms with E-state index >= 15 is 0 Å². The van der Waals surface area contributed by atoms with Crippen molar-refractivity contribution in [3.63, 3.8) is 0 Å². The number of nitrogens with zero attached hydrogens (tertiary/aromatic N) is 2. The first-order chi connectivity index (χ1) is 15.8. The van der Waals surface area contributed by atoms with Crippen LogP contribution in [0.2, 0.25) is 5.02 Å². The molecule has 0 fully saturated rings. The predicted octanol–water partition coefficient (Wildman–Crippen LogP) is 5.37. The highest BCUT2D eigenvalue weighted by atomic mass is 35.5. The van der Waals surface area contributed by atoms with Crippen LogP contribution in [0.15, 0.2) is 36.5 Å². The number of anilines is 1. The standard InChI is InChI=1S/C23H23ClF3N5O2/c1-12-18(14-6-8-17(28-11-14)23(25,26)27)31-21(30-12)32-19(33)15-9-13(5-7-16(15)24)10-29-20(34)22(2,3)4/h5-9,11H,10H2,1-4H3,(H,29,34)(H2,30,31,32,33). The number of alkyl halides is 3. The highest BCUT2D eigenvalue weighted by Crippen LogP contribution is 2.30. The molecule has 2 amide bonds. The van der Waals surface area contributed by atoms with Gasteiger partial charge in [-0.1, -0.05) is 38.4 Å². The van der Waals surface area contributed by atoms with Crippen LogP contribution in [-0.2, 0) is 17.5 Å². The lowest BCUT2D eigenvalue weighted by molar-refractivity contribution is -0.141. The second kappa shape index (κ2) is 9.46. The number of hydrogen-bond donors (Lipinski definition) is 3. The van der Waals surface area contributed by atoms with Gasteiger partial charge in [-0.25, -0.2) is 4.98 Å². The van der Waals surface area contributed by atoms with Gasteiger partial charge in [0.05, 0.1) is 16.3 Å². The molecule has 11 heteroatoms. The van der Waals surface area contributed by atoms with E-state index in [1.54, 1.807) is 45.9 Å². The highest BCUT2D eigenvalue weighted by Gasteiger charge is 2.32. The average Bonchev–Trinajstić information content (AvgIpc) is 3.11. The second-order valence-corrected chi connectivity index (χ2v) is 9.10. The third-order valence-corrected chi connectivity index (χ3v) is 5.18. The summed E-state index contributed by atoms with van der Waals surface area (Å²) in [6.45, 7) is 7.27. The average molecular weight is 494 g/mol. The Morgan fingerprint density at radius 1 is 1.12 bits per heavy atom. The third kappa shape index (κ3) is 5.93. The molecule has 1 aromatic carbocycles. The largest absolute Gasteiger partial charge is 0.433 e. The molecule has 0 aliphatic rings. The summed E-state index contributed by atoms with van der Waals surface area (Å²) < 4.78 is 38.2. The van der Waals surface area contributed by atoms with E-state index in [2.05, 4.69) is 25.6 Å². The van der Waals surface area contributed by atoms with Crippen LogP contribution in [-0.4, -0.2) is 26.8 Å². The molecule has 3 aromatic rings. The molecule has 0 saturated heterocycles. The molecule has 180 valence electrons. The minimum atomic E-state index is -4.54. The third-order valence-electron chi connectivity index (χ3n) is 4.85. The number of aryl methyl sites for hydroxylation is 1. The molecule has 0 aliphatic heterocycles. The van der Waals surface area contributed by atoms with Crippen molar-refractivity contribution < 1.29 is 22.8 Å². The van der Waals surface area contributed by atoms with Crippen molar-refractivity contribution in [2.24, 2.45) is 5.41 Å². The summed E-state index contributed by atoms with van der Waals surface area (Å²) in [5.41, 5.74) is 0.533. The van der Waals surface area contributed by atoms with Gasteiger partial charge in [0, 0.05) is 29.4 Å². The van der Waals surface area contributed by atoms with E-state index in [0.717, 1.165) is 12.3 Å². The molecule has 0 saturated carbocycles. The normalized spacial score (nSPS) is 11.9. The van der Waals surface area contributed by atoms with Gasteiger partial charge in [-0.05, 0) is 36.8 Å². The van der Waals surface area contributed by atoms with Crippen molar-refractivity contribution in [3.05, 3.63) is 64.1 Å². The molecule has 7 nitrogen and oxygen atoms in total. The van der Waals surface area contributed by atoms with E-state index in [4.69, 9.17) is 11.6 Å². The quantitative estimate of drug-likeness (QED) is 0.445. The topological polar surface area (TPSA) is 99.8 Å². The zero-order valence-electron chi connectivity index (χ0n) is 18.9. The van der Waals surface area contributed by atoms with Gasteiger partial charge >= 0.3 is 6.18 Å². The highest BCUT2D eigenvalue weighted by molar-refractivity contribution is 6.34. The summed E-state index contributed by atoms with van der Waals surface area (Å²) in [5, 5.41) is 5.62. The van der Waals surface area contributed by atoms with E-state index in [0.29, 0.717) is 22.5 Å². The van der Waals surface area contributed by atoms with Gasteiger partial charge in [0.15, 0.2) is 0 Å². The van der Waals surface area contributed by atoms with Gasteiger partial charge in [0.25, 0.3) is 5.91 Å². The smallest absolute Gasteiger partial charge is 0.352 e.